The molecule has 1 heterocycles. The average molecular weight is 308 g/mol. The highest BCUT2D eigenvalue weighted by atomic mass is 32.2. The number of hydrogen-bond donors (Lipinski definition) is 1. The van der Waals surface area contributed by atoms with E-state index in [0.29, 0.717) is 12.0 Å². The van der Waals surface area contributed by atoms with Gasteiger partial charge < -0.3 is 10.2 Å². The zero-order valence-corrected chi connectivity index (χ0v) is 14.5. The second-order valence-corrected chi connectivity index (χ2v) is 6.90. The van der Waals surface area contributed by atoms with Gasteiger partial charge in [0.25, 0.3) is 0 Å². The molecule has 1 atom stereocenters. The van der Waals surface area contributed by atoms with E-state index in [-0.39, 0.29) is 0 Å². The van der Waals surface area contributed by atoms with Crippen LogP contribution >= 0.6 is 11.8 Å². The number of aromatic nitrogens is 2. The van der Waals surface area contributed by atoms with Crippen molar-refractivity contribution in [2.24, 2.45) is 0 Å². The Bertz CT molecular complexity index is 448. The maximum atomic E-state index is 4.80. The molecule has 118 valence electrons. The van der Waals surface area contributed by atoms with Gasteiger partial charge in [0.15, 0.2) is 0 Å². The van der Waals surface area contributed by atoms with Gasteiger partial charge in [0, 0.05) is 31.6 Å². The summed E-state index contributed by atoms with van der Waals surface area (Å²) in [4.78, 5) is 11.8. The summed E-state index contributed by atoms with van der Waals surface area (Å²) in [7, 11) is 2.15. The van der Waals surface area contributed by atoms with Gasteiger partial charge in [-0.15, -0.1) is 0 Å². The second kappa shape index (κ2) is 7.87. The first-order valence-corrected chi connectivity index (χ1v) is 9.39. The number of nitrogens with one attached hydrogen (secondary N) is 1. The normalized spacial score (nSPS) is 15.8. The third-order valence-electron chi connectivity index (χ3n) is 3.99. The van der Waals surface area contributed by atoms with Crippen molar-refractivity contribution in [1.29, 1.82) is 0 Å². The predicted octanol–water partition coefficient (Wildman–Crippen LogP) is 3.75. The van der Waals surface area contributed by atoms with Gasteiger partial charge in [-0.2, -0.15) is 11.8 Å². The van der Waals surface area contributed by atoms with Crippen LogP contribution in [0.5, 0.6) is 0 Å². The van der Waals surface area contributed by atoms with Crippen LogP contribution in [-0.2, 0) is 0 Å². The first-order chi connectivity index (χ1) is 10.2. The number of hydrogen-bond acceptors (Lipinski definition) is 5. The van der Waals surface area contributed by atoms with E-state index in [1.807, 2.05) is 11.8 Å². The van der Waals surface area contributed by atoms with E-state index in [1.165, 1.54) is 25.0 Å². The van der Waals surface area contributed by atoms with Crippen LogP contribution in [0.1, 0.15) is 51.3 Å². The number of anilines is 2. The maximum Gasteiger partial charge on any atom is 0.136 e. The summed E-state index contributed by atoms with van der Waals surface area (Å²) in [6, 6.07) is 2.59. The van der Waals surface area contributed by atoms with Gasteiger partial charge >= 0.3 is 0 Å². The average Bonchev–Trinajstić information content (AvgIpc) is 3.34. The Balaban J connectivity index is 2.14. The molecule has 0 saturated heterocycles. The van der Waals surface area contributed by atoms with E-state index >= 15 is 0 Å². The molecule has 21 heavy (non-hydrogen) atoms. The van der Waals surface area contributed by atoms with Crippen molar-refractivity contribution >= 4 is 23.4 Å². The van der Waals surface area contributed by atoms with E-state index in [2.05, 4.69) is 48.4 Å². The van der Waals surface area contributed by atoms with Crippen LogP contribution in [0.2, 0.25) is 0 Å². The molecule has 0 bridgehead atoms. The number of rotatable bonds is 9. The van der Waals surface area contributed by atoms with E-state index in [0.717, 1.165) is 30.4 Å². The van der Waals surface area contributed by atoms with Gasteiger partial charge in [-0.25, -0.2) is 9.97 Å². The summed E-state index contributed by atoms with van der Waals surface area (Å²) in [5, 5.41) is 3.41. The maximum absolute atomic E-state index is 4.80. The largest absolute Gasteiger partial charge is 0.370 e. The molecule has 5 heteroatoms. The third-order valence-corrected chi connectivity index (χ3v) is 4.63. The molecule has 1 fully saturated rings. The molecule has 4 nitrogen and oxygen atoms in total. The van der Waals surface area contributed by atoms with E-state index in [4.69, 9.17) is 4.98 Å². The van der Waals surface area contributed by atoms with Gasteiger partial charge in [0.1, 0.15) is 17.5 Å². The summed E-state index contributed by atoms with van der Waals surface area (Å²) < 4.78 is 0. The standard InChI is InChI=1S/C16H28N4S/c1-5-9-17-14-11-15(19-16(18-14)13-6-7-13)20(3)12(2)8-10-21-4/h11-13H,5-10H2,1-4H3,(H,17,18,19). The molecule has 0 amide bonds. The topological polar surface area (TPSA) is 41.0 Å². The first kappa shape index (κ1) is 16.4. The van der Waals surface area contributed by atoms with Crippen molar-refractivity contribution < 1.29 is 0 Å². The molecule has 0 aliphatic heterocycles. The summed E-state index contributed by atoms with van der Waals surface area (Å²) in [6.07, 6.45) is 6.93. The number of thioether (sulfide) groups is 1. The third kappa shape index (κ3) is 4.77. The Labute approximate surface area is 133 Å². The molecular weight excluding hydrogens is 280 g/mol. The molecule has 1 N–H and O–H groups in total. The Morgan fingerprint density at radius 2 is 2.19 bits per heavy atom. The van der Waals surface area contributed by atoms with Crippen LogP contribution in [0.4, 0.5) is 11.6 Å². The Morgan fingerprint density at radius 3 is 2.81 bits per heavy atom. The predicted molar refractivity (Wildman–Crippen MR) is 93.7 cm³/mol. The lowest BCUT2D eigenvalue weighted by Crippen LogP contribution is -2.30. The van der Waals surface area contributed by atoms with Gasteiger partial charge in [-0.3, -0.25) is 0 Å². The van der Waals surface area contributed by atoms with E-state index < -0.39 is 0 Å². The quantitative estimate of drug-likeness (QED) is 0.752. The lowest BCUT2D eigenvalue weighted by Gasteiger charge is -2.26. The molecule has 0 aromatic carbocycles. The lowest BCUT2D eigenvalue weighted by atomic mass is 10.2. The zero-order valence-electron chi connectivity index (χ0n) is 13.7. The minimum atomic E-state index is 0.499. The van der Waals surface area contributed by atoms with Crippen LogP contribution in [0, 0.1) is 0 Å². The highest BCUT2D eigenvalue weighted by Crippen LogP contribution is 2.39. The van der Waals surface area contributed by atoms with Crippen molar-refractivity contribution in [3.63, 3.8) is 0 Å². The fourth-order valence-electron chi connectivity index (χ4n) is 2.21. The summed E-state index contributed by atoms with van der Waals surface area (Å²) >= 11 is 1.90. The number of nitrogens with zero attached hydrogens (tertiary/aromatic N) is 3. The highest BCUT2D eigenvalue weighted by molar-refractivity contribution is 7.98. The van der Waals surface area contributed by atoms with Gasteiger partial charge in [0.2, 0.25) is 0 Å². The molecule has 1 aliphatic rings. The van der Waals surface area contributed by atoms with Gasteiger partial charge in [-0.1, -0.05) is 6.92 Å². The molecule has 0 radical (unpaired) electrons. The summed E-state index contributed by atoms with van der Waals surface area (Å²) in [5.74, 6) is 4.83. The minimum Gasteiger partial charge on any atom is -0.370 e. The molecule has 2 rings (SSSR count). The van der Waals surface area contributed by atoms with Crippen LogP contribution in [0.25, 0.3) is 0 Å². The second-order valence-electron chi connectivity index (χ2n) is 5.91. The highest BCUT2D eigenvalue weighted by Gasteiger charge is 2.28. The molecule has 1 aromatic heterocycles. The lowest BCUT2D eigenvalue weighted by molar-refractivity contribution is 0.659. The van der Waals surface area contributed by atoms with Crippen molar-refractivity contribution in [3.05, 3.63) is 11.9 Å². The van der Waals surface area contributed by atoms with Gasteiger partial charge in [-0.05, 0) is 44.6 Å². The fourth-order valence-corrected chi connectivity index (χ4v) is 2.79. The van der Waals surface area contributed by atoms with Crippen LogP contribution in [-0.4, -0.2) is 41.6 Å². The fraction of sp³-hybridized carbons (Fsp3) is 0.750. The molecule has 0 spiro atoms. The minimum absolute atomic E-state index is 0.499. The monoisotopic (exact) mass is 308 g/mol. The van der Waals surface area contributed by atoms with Crippen LogP contribution in [0.15, 0.2) is 6.07 Å². The van der Waals surface area contributed by atoms with Crippen molar-refractivity contribution in [2.75, 3.05) is 35.8 Å². The SMILES string of the molecule is CCCNc1cc(N(C)C(C)CCSC)nc(C2CC2)n1. The van der Waals surface area contributed by atoms with Crippen LogP contribution < -0.4 is 10.2 Å². The summed E-state index contributed by atoms with van der Waals surface area (Å²) in [5.41, 5.74) is 0. The Morgan fingerprint density at radius 1 is 1.43 bits per heavy atom. The Hall–Kier alpha value is -0.970. The van der Waals surface area contributed by atoms with Crippen molar-refractivity contribution in [2.45, 2.75) is 51.5 Å². The molecule has 1 aliphatic carbocycles. The molecule has 1 saturated carbocycles. The Kier molecular flexibility index (Phi) is 6.15. The van der Waals surface area contributed by atoms with Crippen LogP contribution in [0.3, 0.4) is 0 Å². The van der Waals surface area contributed by atoms with Crippen molar-refractivity contribution in [1.82, 2.24) is 9.97 Å². The van der Waals surface area contributed by atoms with Crippen molar-refractivity contribution in [3.8, 4) is 0 Å². The van der Waals surface area contributed by atoms with E-state index in [1.54, 1.807) is 0 Å². The molecular formula is C16H28N4S. The van der Waals surface area contributed by atoms with E-state index in [9.17, 15) is 0 Å². The summed E-state index contributed by atoms with van der Waals surface area (Å²) in [6.45, 7) is 5.41. The zero-order chi connectivity index (χ0) is 15.2. The van der Waals surface area contributed by atoms with Gasteiger partial charge in [0.05, 0.1) is 0 Å². The smallest absolute Gasteiger partial charge is 0.136 e. The first-order valence-electron chi connectivity index (χ1n) is 8.00. The molecule has 1 unspecified atom stereocenters. The molecule has 1 aromatic rings.